The summed E-state index contributed by atoms with van der Waals surface area (Å²) in [7, 11) is 0. The molecule has 8 nitrogen and oxygen atoms in total. The Bertz CT molecular complexity index is 1140. The Hall–Kier alpha value is -3.42. The van der Waals surface area contributed by atoms with Crippen molar-refractivity contribution in [3.05, 3.63) is 42.1 Å². The van der Waals surface area contributed by atoms with Gasteiger partial charge in [-0.25, -0.2) is 9.78 Å². The Labute approximate surface area is 192 Å². The highest BCUT2D eigenvalue weighted by atomic mass is 16.6. The molecular formula is C25H29N3O5. The second kappa shape index (κ2) is 9.21. The number of pyridine rings is 1. The molecule has 0 spiro atoms. The van der Waals surface area contributed by atoms with Crippen LogP contribution in [0.1, 0.15) is 57.3 Å². The quantitative estimate of drug-likeness (QED) is 0.472. The van der Waals surface area contributed by atoms with E-state index in [1.807, 2.05) is 39.0 Å². The molecule has 1 atom stereocenters. The monoisotopic (exact) mass is 451 g/mol. The number of oxazole rings is 1. The summed E-state index contributed by atoms with van der Waals surface area (Å²) >= 11 is 0. The van der Waals surface area contributed by atoms with Crippen LogP contribution in [0.2, 0.25) is 0 Å². The number of hydrogen-bond acceptors (Lipinski definition) is 7. The van der Waals surface area contributed by atoms with Gasteiger partial charge in [0.25, 0.3) is 0 Å². The van der Waals surface area contributed by atoms with Crippen molar-refractivity contribution in [2.45, 2.75) is 58.6 Å². The largest absolute Gasteiger partial charge is 0.493 e. The summed E-state index contributed by atoms with van der Waals surface area (Å²) < 4.78 is 16.9. The Morgan fingerprint density at radius 3 is 2.67 bits per heavy atom. The number of benzene rings is 1. The fourth-order valence-corrected chi connectivity index (χ4v) is 3.23. The number of alkyl carbamates (subject to hydrolysis) is 1. The minimum Gasteiger partial charge on any atom is -0.493 e. The molecule has 0 saturated heterocycles. The lowest BCUT2D eigenvalue weighted by atomic mass is 10.1. The van der Waals surface area contributed by atoms with Gasteiger partial charge in [0, 0.05) is 29.8 Å². The fourth-order valence-electron chi connectivity index (χ4n) is 3.23. The highest BCUT2D eigenvalue weighted by molar-refractivity contribution is 5.96. The van der Waals surface area contributed by atoms with E-state index in [0.717, 1.165) is 12.4 Å². The van der Waals surface area contributed by atoms with Gasteiger partial charge in [-0.05, 0) is 70.7 Å². The molecule has 1 fully saturated rings. The van der Waals surface area contributed by atoms with Crippen molar-refractivity contribution in [1.29, 1.82) is 0 Å². The minimum atomic E-state index is -0.562. The lowest BCUT2D eigenvalue weighted by molar-refractivity contribution is 0.0784. The molecule has 3 aromatic rings. The molecule has 1 saturated carbocycles. The van der Waals surface area contributed by atoms with Crippen LogP contribution in [0, 0.1) is 5.92 Å². The van der Waals surface area contributed by atoms with E-state index in [2.05, 4.69) is 15.3 Å². The average molecular weight is 452 g/mol. The van der Waals surface area contributed by atoms with Gasteiger partial charge in [0.1, 0.15) is 23.1 Å². The van der Waals surface area contributed by atoms with E-state index in [-0.39, 0.29) is 12.2 Å². The fraction of sp³-hybridized carbons (Fsp3) is 0.440. The molecule has 0 bridgehead atoms. The van der Waals surface area contributed by atoms with Gasteiger partial charge in [-0.1, -0.05) is 0 Å². The predicted octanol–water partition coefficient (Wildman–Crippen LogP) is 5.16. The van der Waals surface area contributed by atoms with Gasteiger partial charge >= 0.3 is 6.09 Å². The average Bonchev–Trinajstić information content (AvgIpc) is 3.47. The van der Waals surface area contributed by atoms with Crippen molar-refractivity contribution < 1.29 is 23.5 Å². The normalized spacial score (nSPS) is 14.7. The van der Waals surface area contributed by atoms with E-state index in [4.69, 9.17) is 13.9 Å². The van der Waals surface area contributed by atoms with Gasteiger partial charge < -0.3 is 19.2 Å². The second-order valence-electron chi connectivity index (χ2n) is 9.55. The number of amides is 1. The molecule has 1 aliphatic rings. The Kier molecular flexibility index (Phi) is 6.35. The Morgan fingerprint density at radius 2 is 2.00 bits per heavy atom. The first-order valence-corrected chi connectivity index (χ1v) is 11.2. The molecule has 0 aliphatic heterocycles. The van der Waals surface area contributed by atoms with Gasteiger partial charge in [-0.15, -0.1) is 0 Å². The smallest absolute Gasteiger partial charge is 0.407 e. The molecule has 1 aromatic carbocycles. The van der Waals surface area contributed by atoms with E-state index < -0.39 is 17.7 Å². The van der Waals surface area contributed by atoms with Crippen molar-refractivity contribution in [1.82, 2.24) is 15.3 Å². The third-order valence-electron chi connectivity index (χ3n) is 5.11. The minimum absolute atomic E-state index is 0.0606. The van der Waals surface area contributed by atoms with E-state index in [9.17, 15) is 9.59 Å². The van der Waals surface area contributed by atoms with Crippen LogP contribution in [0.5, 0.6) is 5.75 Å². The number of carbonyl (C=O) groups is 2. The van der Waals surface area contributed by atoms with Crippen LogP contribution in [0.25, 0.3) is 22.7 Å². The highest BCUT2D eigenvalue weighted by Gasteiger charge is 2.22. The number of nitrogens with zero attached hydrogens (tertiary/aromatic N) is 2. The first-order valence-electron chi connectivity index (χ1n) is 11.2. The maximum Gasteiger partial charge on any atom is 0.407 e. The van der Waals surface area contributed by atoms with E-state index in [0.29, 0.717) is 34.2 Å². The summed E-state index contributed by atoms with van der Waals surface area (Å²) in [5.41, 5.74) is 1.88. The van der Waals surface area contributed by atoms with Gasteiger partial charge in [-0.2, -0.15) is 0 Å². The van der Waals surface area contributed by atoms with Crippen molar-refractivity contribution in [2.24, 2.45) is 5.92 Å². The van der Waals surface area contributed by atoms with E-state index in [1.54, 1.807) is 19.1 Å². The first kappa shape index (κ1) is 22.8. The highest BCUT2D eigenvalue weighted by Crippen LogP contribution is 2.31. The second-order valence-corrected chi connectivity index (χ2v) is 9.55. The molecule has 2 aromatic heterocycles. The summed E-state index contributed by atoms with van der Waals surface area (Å²) in [6, 6.07) is 8.95. The van der Waals surface area contributed by atoms with Crippen LogP contribution in [0.3, 0.4) is 0 Å². The summed E-state index contributed by atoms with van der Waals surface area (Å²) in [5.74, 6) is 1.64. The Morgan fingerprint density at radius 1 is 1.21 bits per heavy atom. The number of carbonyl (C=O) groups excluding carboxylic acids is 2. The number of hydrogen-bond donors (Lipinski definition) is 1. The van der Waals surface area contributed by atoms with Gasteiger partial charge in [0.15, 0.2) is 11.4 Å². The standard InChI is InChI=1S/C25H29N3O5/c1-15(32-24(30)28-25(2,3)4)11-21(29)17-7-9-20(26-13-17)23-27-19-10-8-18(12-22(19)33-23)31-14-16-5-6-16/h7-10,12-13,15-16H,5-6,11,14H2,1-4H3,(H,28,30). The zero-order valence-corrected chi connectivity index (χ0v) is 19.4. The summed E-state index contributed by atoms with van der Waals surface area (Å²) in [5, 5.41) is 2.71. The van der Waals surface area contributed by atoms with Crippen LogP contribution >= 0.6 is 0 Å². The number of nitrogens with one attached hydrogen (secondary N) is 1. The van der Waals surface area contributed by atoms with Gasteiger partial charge in [-0.3, -0.25) is 9.78 Å². The summed E-state index contributed by atoms with van der Waals surface area (Å²) in [4.78, 5) is 33.3. The van der Waals surface area contributed by atoms with Gasteiger partial charge in [0.2, 0.25) is 5.89 Å². The predicted molar refractivity (Wildman–Crippen MR) is 123 cm³/mol. The summed E-state index contributed by atoms with van der Waals surface area (Å²) in [6.45, 7) is 7.99. The molecule has 8 heteroatoms. The lowest BCUT2D eigenvalue weighted by Gasteiger charge is -2.21. The maximum atomic E-state index is 12.6. The molecule has 33 heavy (non-hydrogen) atoms. The zero-order chi connectivity index (χ0) is 23.6. The maximum absolute atomic E-state index is 12.6. The zero-order valence-electron chi connectivity index (χ0n) is 19.4. The Balaban J connectivity index is 1.37. The molecule has 1 N–H and O–H groups in total. The number of aromatic nitrogens is 2. The number of ether oxygens (including phenoxy) is 2. The lowest BCUT2D eigenvalue weighted by Crippen LogP contribution is -2.42. The molecule has 0 radical (unpaired) electrons. The third kappa shape index (κ3) is 6.31. The molecular weight excluding hydrogens is 422 g/mol. The van der Waals surface area contributed by atoms with Crippen LogP contribution < -0.4 is 10.1 Å². The first-order chi connectivity index (χ1) is 15.7. The van der Waals surface area contributed by atoms with E-state index >= 15 is 0 Å². The van der Waals surface area contributed by atoms with Gasteiger partial charge in [0.05, 0.1) is 6.61 Å². The molecule has 1 unspecified atom stereocenters. The summed E-state index contributed by atoms with van der Waals surface area (Å²) in [6.07, 6.45) is 2.90. The van der Waals surface area contributed by atoms with Crippen molar-refractivity contribution >= 4 is 23.0 Å². The number of fused-ring (bicyclic) bond motifs is 1. The van der Waals surface area contributed by atoms with Crippen molar-refractivity contribution in [3.8, 4) is 17.3 Å². The number of Topliss-reactive ketones (excluding diaryl/α,β-unsaturated/α-hetero) is 1. The van der Waals surface area contributed by atoms with Crippen LogP contribution in [0.4, 0.5) is 4.79 Å². The van der Waals surface area contributed by atoms with Crippen LogP contribution in [-0.4, -0.2) is 40.1 Å². The van der Waals surface area contributed by atoms with Crippen molar-refractivity contribution in [2.75, 3.05) is 6.61 Å². The van der Waals surface area contributed by atoms with Crippen molar-refractivity contribution in [3.63, 3.8) is 0 Å². The molecule has 1 aliphatic carbocycles. The molecule has 174 valence electrons. The molecule has 2 heterocycles. The molecule has 4 rings (SSSR count). The number of ketones is 1. The van der Waals surface area contributed by atoms with Crippen LogP contribution in [0.15, 0.2) is 40.9 Å². The number of rotatable bonds is 8. The van der Waals surface area contributed by atoms with E-state index in [1.165, 1.54) is 19.0 Å². The third-order valence-corrected chi connectivity index (χ3v) is 5.11. The SMILES string of the molecule is CC(CC(=O)c1ccc(-c2nc3ccc(OCC4CC4)cc3o2)nc1)OC(=O)NC(C)(C)C. The topological polar surface area (TPSA) is 104 Å². The van der Waals surface area contributed by atoms with Crippen LogP contribution in [-0.2, 0) is 4.74 Å². The molecule has 1 amide bonds.